The lowest BCUT2D eigenvalue weighted by Gasteiger charge is -2.25. The second-order valence-corrected chi connectivity index (χ2v) is 5.21. The molecule has 1 amide bonds. The molecule has 0 bridgehead atoms. The highest BCUT2D eigenvalue weighted by molar-refractivity contribution is 5.80. The van der Waals surface area contributed by atoms with Gasteiger partial charge in [0.2, 0.25) is 5.91 Å². The van der Waals surface area contributed by atoms with Gasteiger partial charge in [0.05, 0.1) is 0 Å². The zero-order valence-electron chi connectivity index (χ0n) is 10.3. The average molecular weight is 229 g/mol. The van der Waals surface area contributed by atoms with Crippen molar-refractivity contribution in [1.82, 2.24) is 5.32 Å². The Kier molecular flexibility index (Phi) is 5.22. The molecule has 0 spiro atoms. The SMILES string of the molecule is CC(C)(CCCO)CNC(=O)[C@H]1CCCO1. The number of ether oxygens (including phenoxy) is 1. The Morgan fingerprint density at radius 3 is 2.88 bits per heavy atom. The van der Waals surface area contributed by atoms with Crippen LogP contribution in [0, 0.1) is 5.41 Å². The minimum absolute atomic E-state index is 0.00886. The standard InChI is InChI=1S/C12H23NO3/c1-12(2,6-4-7-14)9-13-11(15)10-5-3-8-16-10/h10,14H,3-9H2,1-2H3,(H,13,15)/t10-/m1/s1. The lowest BCUT2D eigenvalue weighted by Crippen LogP contribution is -2.39. The van der Waals surface area contributed by atoms with Crippen molar-refractivity contribution in [2.75, 3.05) is 19.8 Å². The van der Waals surface area contributed by atoms with Crippen molar-refractivity contribution in [1.29, 1.82) is 0 Å². The van der Waals surface area contributed by atoms with E-state index < -0.39 is 0 Å². The molecule has 1 rings (SSSR count). The number of nitrogens with one attached hydrogen (secondary N) is 1. The van der Waals surface area contributed by atoms with Gasteiger partial charge in [-0.2, -0.15) is 0 Å². The summed E-state index contributed by atoms with van der Waals surface area (Å²) in [5.41, 5.74) is 0.0387. The van der Waals surface area contributed by atoms with Gasteiger partial charge in [-0.25, -0.2) is 0 Å². The van der Waals surface area contributed by atoms with Gasteiger partial charge in [-0.15, -0.1) is 0 Å². The van der Waals surface area contributed by atoms with E-state index in [-0.39, 0.29) is 24.0 Å². The number of rotatable bonds is 6. The number of aliphatic hydroxyl groups is 1. The quantitative estimate of drug-likeness (QED) is 0.716. The molecule has 1 heterocycles. The summed E-state index contributed by atoms with van der Waals surface area (Å²) in [5, 5.41) is 11.7. The maximum atomic E-state index is 11.7. The molecule has 1 aliphatic rings. The number of hydrogen-bond acceptors (Lipinski definition) is 3. The van der Waals surface area contributed by atoms with Gasteiger partial charge in [0, 0.05) is 19.8 Å². The molecule has 0 saturated carbocycles. The van der Waals surface area contributed by atoms with E-state index >= 15 is 0 Å². The molecule has 0 aromatic carbocycles. The van der Waals surface area contributed by atoms with Crippen LogP contribution in [0.1, 0.15) is 39.5 Å². The Labute approximate surface area is 97.4 Å². The van der Waals surface area contributed by atoms with E-state index in [0.717, 1.165) is 25.7 Å². The van der Waals surface area contributed by atoms with Crippen molar-refractivity contribution in [2.24, 2.45) is 5.41 Å². The molecule has 16 heavy (non-hydrogen) atoms. The highest BCUT2D eigenvalue weighted by Crippen LogP contribution is 2.21. The van der Waals surface area contributed by atoms with Gasteiger partial charge in [0.15, 0.2) is 0 Å². The van der Waals surface area contributed by atoms with Crippen LogP contribution in [0.3, 0.4) is 0 Å². The molecule has 0 aromatic heterocycles. The van der Waals surface area contributed by atoms with Gasteiger partial charge in [0.1, 0.15) is 6.10 Å². The summed E-state index contributed by atoms with van der Waals surface area (Å²) in [6, 6.07) is 0. The van der Waals surface area contributed by atoms with E-state index in [1.165, 1.54) is 0 Å². The first-order valence-electron chi connectivity index (χ1n) is 6.05. The van der Waals surface area contributed by atoms with E-state index in [1.807, 2.05) is 0 Å². The van der Waals surface area contributed by atoms with Crippen LogP contribution >= 0.6 is 0 Å². The van der Waals surface area contributed by atoms with Crippen LogP contribution in [0.4, 0.5) is 0 Å². The first-order chi connectivity index (χ1) is 7.55. The van der Waals surface area contributed by atoms with E-state index in [0.29, 0.717) is 13.2 Å². The Morgan fingerprint density at radius 2 is 2.31 bits per heavy atom. The van der Waals surface area contributed by atoms with Crippen LogP contribution in [0.5, 0.6) is 0 Å². The van der Waals surface area contributed by atoms with Gasteiger partial charge in [-0.1, -0.05) is 13.8 Å². The van der Waals surface area contributed by atoms with Crippen molar-refractivity contribution in [3.05, 3.63) is 0 Å². The molecular formula is C12H23NO3. The third-order valence-corrected chi connectivity index (χ3v) is 2.97. The molecule has 94 valence electrons. The number of amides is 1. The molecule has 4 heteroatoms. The summed E-state index contributed by atoms with van der Waals surface area (Å²) in [6.45, 7) is 5.75. The molecule has 1 saturated heterocycles. The van der Waals surface area contributed by atoms with E-state index in [1.54, 1.807) is 0 Å². The third-order valence-electron chi connectivity index (χ3n) is 2.97. The summed E-state index contributed by atoms with van der Waals surface area (Å²) < 4.78 is 5.31. The summed E-state index contributed by atoms with van der Waals surface area (Å²) in [6.07, 6.45) is 3.26. The van der Waals surface area contributed by atoms with Gasteiger partial charge in [-0.3, -0.25) is 4.79 Å². The second-order valence-electron chi connectivity index (χ2n) is 5.21. The zero-order valence-corrected chi connectivity index (χ0v) is 10.3. The summed E-state index contributed by atoms with van der Waals surface area (Å²) in [5.74, 6) is 0.00886. The van der Waals surface area contributed by atoms with Gasteiger partial charge in [-0.05, 0) is 31.1 Å². The second kappa shape index (κ2) is 6.21. The smallest absolute Gasteiger partial charge is 0.249 e. The monoisotopic (exact) mass is 229 g/mol. The van der Waals surface area contributed by atoms with Crippen LogP contribution < -0.4 is 5.32 Å². The highest BCUT2D eigenvalue weighted by atomic mass is 16.5. The Balaban J connectivity index is 2.24. The van der Waals surface area contributed by atoms with Crippen LogP contribution in [0.15, 0.2) is 0 Å². The van der Waals surface area contributed by atoms with Crippen LogP contribution in [0.2, 0.25) is 0 Å². The molecule has 0 aromatic rings. The fourth-order valence-corrected chi connectivity index (χ4v) is 1.87. The minimum atomic E-state index is -0.242. The maximum absolute atomic E-state index is 11.7. The predicted octanol–water partition coefficient (Wildman–Crippen LogP) is 1.08. The third kappa shape index (κ3) is 4.49. The number of hydrogen-bond donors (Lipinski definition) is 2. The number of aliphatic hydroxyl groups excluding tert-OH is 1. The topological polar surface area (TPSA) is 58.6 Å². The maximum Gasteiger partial charge on any atom is 0.249 e. The molecule has 1 atom stereocenters. The molecule has 0 aliphatic carbocycles. The molecule has 0 radical (unpaired) electrons. The van der Waals surface area contributed by atoms with Gasteiger partial charge < -0.3 is 15.2 Å². The molecule has 1 fully saturated rings. The average Bonchev–Trinajstić information content (AvgIpc) is 2.77. The van der Waals surface area contributed by atoms with Crippen LogP contribution in [0.25, 0.3) is 0 Å². The van der Waals surface area contributed by atoms with E-state index in [9.17, 15) is 4.79 Å². The van der Waals surface area contributed by atoms with Crippen molar-refractivity contribution in [3.8, 4) is 0 Å². The van der Waals surface area contributed by atoms with Crippen LogP contribution in [-0.4, -0.2) is 36.9 Å². The highest BCUT2D eigenvalue weighted by Gasteiger charge is 2.25. The first-order valence-corrected chi connectivity index (χ1v) is 6.05. The molecule has 2 N–H and O–H groups in total. The normalized spacial score (nSPS) is 21.1. The molecule has 1 aliphatic heterocycles. The summed E-state index contributed by atoms with van der Waals surface area (Å²) in [7, 11) is 0. The van der Waals surface area contributed by atoms with Gasteiger partial charge >= 0.3 is 0 Å². The van der Waals surface area contributed by atoms with E-state index in [2.05, 4.69) is 19.2 Å². The molecule has 0 unspecified atom stereocenters. The largest absolute Gasteiger partial charge is 0.396 e. The predicted molar refractivity (Wildman–Crippen MR) is 62.1 cm³/mol. The Morgan fingerprint density at radius 1 is 1.56 bits per heavy atom. The van der Waals surface area contributed by atoms with E-state index in [4.69, 9.17) is 9.84 Å². The van der Waals surface area contributed by atoms with Crippen LogP contribution in [-0.2, 0) is 9.53 Å². The zero-order chi connectivity index (χ0) is 12.0. The fourth-order valence-electron chi connectivity index (χ4n) is 1.87. The fraction of sp³-hybridized carbons (Fsp3) is 0.917. The van der Waals surface area contributed by atoms with Crippen molar-refractivity contribution < 1.29 is 14.6 Å². The van der Waals surface area contributed by atoms with Gasteiger partial charge in [0.25, 0.3) is 0 Å². The minimum Gasteiger partial charge on any atom is -0.396 e. The molecular weight excluding hydrogens is 206 g/mol. The van der Waals surface area contributed by atoms with Crippen molar-refractivity contribution in [2.45, 2.75) is 45.6 Å². The van der Waals surface area contributed by atoms with Crippen molar-refractivity contribution >= 4 is 5.91 Å². The van der Waals surface area contributed by atoms with Crippen molar-refractivity contribution in [3.63, 3.8) is 0 Å². The summed E-state index contributed by atoms with van der Waals surface area (Å²) >= 11 is 0. The first kappa shape index (κ1) is 13.5. The number of carbonyl (C=O) groups excluding carboxylic acids is 1. The Hall–Kier alpha value is -0.610. The summed E-state index contributed by atoms with van der Waals surface area (Å²) in [4.78, 5) is 11.7. The molecule has 4 nitrogen and oxygen atoms in total. The Bertz CT molecular complexity index is 222. The number of carbonyl (C=O) groups is 1. The lowest BCUT2D eigenvalue weighted by molar-refractivity contribution is -0.130. The lowest BCUT2D eigenvalue weighted by atomic mass is 9.88.